The normalized spacial score (nSPS) is 11.2. The van der Waals surface area contributed by atoms with E-state index >= 15 is 0 Å². The van der Waals surface area contributed by atoms with Crippen molar-refractivity contribution in [2.75, 3.05) is 99.1 Å². The maximum absolute atomic E-state index is 11.4. The number of aliphatic carboxylic acids is 1. The van der Waals surface area contributed by atoms with Crippen LogP contribution in [-0.4, -0.2) is 116 Å². The molecule has 0 aliphatic heterocycles. The number of hydrogen-bond acceptors (Lipinski definition) is 10. The van der Waals surface area contributed by atoms with Crippen molar-refractivity contribution in [1.82, 2.24) is 0 Å². The number of carboxylic acids is 1. The minimum absolute atomic E-state index is 0.0674. The highest BCUT2D eigenvalue weighted by Crippen LogP contribution is 2.01. The lowest BCUT2D eigenvalue weighted by atomic mass is 10.2. The summed E-state index contributed by atoms with van der Waals surface area (Å²) in [5, 5.41) is 8.52. The first-order valence-corrected chi connectivity index (χ1v) is 13.6. The predicted molar refractivity (Wildman–Crippen MR) is 137 cm³/mol. The average Bonchev–Trinajstić information content (AvgIpc) is 2.88. The lowest BCUT2D eigenvalue weighted by molar-refractivity contribution is -0.146. The van der Waals surface area contributed by atoms with Crippen LogP contribution in [0.3, 0.4) is 0 Å². The fourth-order valence-corrected chi connectivity index (χ4v) is 2.88. The number of carboxylic acid groups (broad SMARTS) is 1. The van der Waals surface area contributed by atoms with Crippen molar-refractivity contribution >= 4 is 11.9 Å². The van der Waals surface area contributed by atoms with Crippen molar-refractivity contribution in [2.24, 2.45) is 0 Å². The van der Waals surface area contributed by atoms with E-state index in [1.807, 2.05) is 0 Å². The highest BCUT2D eigenvalue weighted by Gasteiger charge is 2.04. The van der Waals surface area contributed by atoms with Crippen molar-refractivity contribution < 1.29 is 52.6 Å². The second kappa shape index (κ2) is 30.9. The summed E-state index contributed by atoms with van der Waals surface area (Å²) in [6.45, 7) is 9.58. The standard InChI is InChI=1S/C26H50O11/c1-2-3-4-7-10-30-11-12-31-13-14-32-15-16-33-17-18-34-19-20-35-21-22-36-23-24-37-26(29)9-6-5-8-25(27)28/h2-24H2,1H3,(H,27,28). The third-order valence-electron chi connectivity index (χ3n) is 4.89. The van der Waals surface area contributed by atoms with Gasteiger partial charge in [-0.3, -0.25) is 9.59 Å². The maximum atomic E-state index is 11.4. The number of carbonyl (C=O) groups excluding carboxylic acids is 1. The smallest absolute Gasteiger partial charge is 0.305 e. The van der Waals surface area contributed by atoms with Crippen LogP contribution < -0.4 is 0 Å². The molecule has 11 heteroatoms. The maximum Gasteiger partial charge on any atom is 0.305 e. The van der Waals surface area contributed by atoms with Crippen molar-refractivity contribution in [1.29, 1.82) is 0 Å². The molecule has 0 aliphatic rings. The van der Waals surface area contributed by atoms with Gasteiger partial charge in [0.25, 0.3) is 0 Å². The summed E-state index contributed by atoms with van der Waals surface area (Å²) in [6.07, 6.45) is 6.13. The molecule has 0 aromatic carbocycles. The highest BCUT2D eigenvalue weighted by atomic mass is 16.6. The molecular weight excluding hydrogens is 488 g/mol. The second-order valence-electron chi connectivity index (χ2n) is 8.17. The Morgan fingerprint density at radius 1 is 0.459 bits per heavy atom. The largest absolute Gasteiger partial charge is 0.481 e. The number of esters is 1. The van der Waals surface area contributed by atoms with Gasteiger partial charge in [0, 0.05) is 19.4 Å². The van der Waals surface area contributed by atoms with E-state index in [-0.39, 0.29) is 25.4 Å². The zero-order chi connectivity index (χ0) is 27.1. The predicted octanol–water partition coefficient (Wildman–Crippen LogP) is 2.87. The van der Waals surface area contributed by atoms with Gasteiger partial charge in [-0.15, -0.1) is 0 Å². The summed E-state index contributed by atoms with van der Waals surface area (Å²) in [7, 11) is 0. The quantitative estimate of drug-likeness (QED) is 0.103. The van der Waals surface area contributed by atoms with Gasteiger partial charge in [0.2, 0.25) is 0 Å². The molecule has 0 unspecified atom stereocenters. The number of ether oxygens (including phenoxy) is 8. The molecule has 0 saturated carbocycles. The first kappa shape index (κ1) is 35.7. The molecule has 11 nitrogen and oxygen atoms in total. The Kier molecular flexibility index (Phi) is 29.8. The summed E-state index contributed by atoms with van der Waals surface area (Å²) in [5.41, 5.74) is 0. The Hall–Kier alpha value is -1.34. The van der Waals surface area contributed by atoms with E-state index in [0.717, 1.165) is 13.0 Å². The molecule has 0 spiro atoms. The molecule has 0 fully saturated rings. The van der Waals surface area contributed by atoms with Crippen LogP contribution in [0.25, 0.3) is 0 Å². The molecule has 0 aromatic heterocycles. The van der Waals surface area contributed by atoms with E-state index < -0.39 is 5.97 Å². The van der Waals surface area contributed by atoms with Crippen LogP contribution in [0.2, 0.25) is 0 Å². The van der Waals surface area contributed by atoms with E-state index in [1.54, 1.807) is 0 Å². The van der Waals surface area contributed by atoms with E-state index in [2.05, 4.69) is 6.92 Å². The van der Waals surface area contributed by atoms with Crippen LogP contribution in [0.15, 0.2) is 0 Å². The molecular formula is C26H50O11. The van der Waals surface area contributed by atoms with Gasteiger partial charge in [0.1, 0.15) is 6.61 Å². The molecule has 37 heavy (non-hydrogen) atoms. The Morgan fingerprint density at radius 3 is 1.24 bits per heavy atom. The van der Waals surface area contributed by atoms with Crippen molar-refractivity contribution in [3.8, 4) is 0 Å². The van der Waals surface area contributed by atoms with Gasteiger partial charge < -0.3 is 43.0 Å². The lowest BCUT2D eigenvalue weighted by Crippen LogP contribution is -2.15. The molecule has 0 aliphatic carbocycles. The lowest BCUT2D eigenvalue weighted by Gasteiger charge is -2.09. The molecule has 0 radical (unpaired) electrons. The number of carbonyl (C=O) groups is 2. The van der Waals surface area contributed by atoms with E-state index in [4.69, 9.17) is 43.0 Å². The molecule has 0 aromatic rings. The van der Waals surface area contributed by atoms with Crippen molar-refractivity contribution in [3.05, 3.63) is 0 Å². The second-order valence-corrected chi connectivity index (χ2v) is 8.17. The van der Waals surface area contributed by atoms with Gasteiger partial charge in [0.05, 0.1) is 85.9 Å². The van der Waals surface area contributed by atoms with Crippen molar-refractivity contribution in [3.63, 3.8) is 0 Å². The Labute approximate surface area is 222 Å². The van der Waals surface area contributed by atoms with Crippen LogP contribution in [0.4, 0.5) is 0 Å². The molecule has 0 bridgehead atoms. The van der Waals surface area contributed by atoms with Crippen LogP contribution in [0.5, 0.6) is 0 Å². The monoisotopic (exact) mass is 538 g/mol. The van der Waals surface area contributed by atoms with Crippen LogP contribution in [-0.2, 0) is 47.5 Å². The third kappa shape index (κ3) is 32.6. The first-order chi connectivity index (χ1) is 18.2. The summed E-state index contributed by atoms with van der Waals surface area (Å²) >= 11 is 0. The van der Waals surface area contributed by atoms with Gasteiger partial charge >= 0.3 is 11.9 Å². The summed E-state index contributed by atoms with van der Waals surface area (Å²) in [4.78, 5) is 21.8. The number of unbranched alkanes of at least 4 members (excludes halogenated alkanes) is 4. The van der Waals surface area contributed by atoms with Crippen LogP contribution in [0, 0.1) is 0 Å². The molecule has 0 saturated heterocycles. The van der Waals surface area contributed by atoms with E-state index in [0.29, 0.717) is 98.7 Å². The first-order valence-electron chi connectivity index (χ1n) is 13.6. The highest BCUT2D eigenvalue weighted by molar-refractivity contribution is 5.69. The summed E-state index contributed by atoms with van der Waals surface area (Å²) in [5.74, 6) is -1.20. The summed E-state index contributed by atoms with van der Waals surface area (Å²) < 4.78 is 43.0. The molecule has 1 N–H and O–H groups in total. The molecule has 0 rings (SSSR count). The van der Waals surface area contributed by atoms with Crippen LogP contribution in [0.1, 0.15) is 58.3 Å². The zero-order valence-corrected chi connectivity index (χ0v) is 22.8. The minimum Gasteiger partial charge on any atom is -0.481 e. The van der Waals surface area contributed by atoms with Gasteiger partial charge in [0.15, 0.2) is 0 Å². The molecule has 0 heterocycles. The average molecular weight is 539 g/mol. The molecule has 0 atom stereocenters. The fraction of sp³-hybridized carbons (Fsp3) is 0.923. The van der Waals surface area contributed by atoms with Crippen molar-refractivity contribution in [2.45, 2.75) is 58.3 Å². The zero-order valence-electron chi connectivity index (χ0n) is 22.8. The number of hydrogen-bond donors (Lipinski definition) is 1. The topological polar surface area (TPSA) is 128 Å². The van der Waals surface area contributed by atoms with E-state index in [9.17, 15) is 9.59 Å². The van der Waals surface area contributed by atoms with Crippen LogP contribution >= 0.6 is 0 Å². The molecule has 0 amide bonds. The van der Waals surface area contributed by atoms with Gasteiger partial charge in [-0.25, -0.2) is 0 Å². The third-order valence-corrected chi connectivity index (χ3v) is 4.89. The van der Waals surface area contributed by atoms with Gasteiger partial charge in [-0.2, -0.15) is 0 Å². The molecule has 220 valence electrons. The Balaban J connectivity index is 3.09. The Bertz CT molecular complexity index is 491. The summed E-state index contributed by atoms with van der Waals surface area (Å²) in [6, 6.07) is 0. The van der Waals surface area contributed by atoms with Gasteiger partial charge in [-0.1, -0.05) is 26.2 Å². The minimum atomic E-state index is -0.857. The SMILES string of the molecule is CCCCCCOCCOCCOCCOCCOCCOCCOCCOC(=O)CCCCC(=O)O. The number of rotatable bonds is 31. The van der Waals surface area contributed by atoms with E-state index in [1.165, 1.54) is 19.3 Å². The van der Waals surface area contributed by atoms with Gasteiger partial charge in [-0.05, 0) is 19.3 Å². The Morgan fingerprint density at radius 2 is 0.838 bits per heavy atom. The fourth-order valence-electron chi connectivity index (χ4n) is 2.88.